The van der Waals surface area contributed by atoms with Gasteiger partial charge in [0.05, 0.1) is 18.4 Å². The third-order valence-electron chi connectivity index (χ3n) is 2.09. The number of phenols is 2. The fraction of sp³-hybridized carbons (Fsp3) is 0.400. The van der Waals surface area contributed by atoms with E-state index in [9.17, 15) is 10.2 Å². The lowest BCUT2D eigenvalue weighted by Gasteiger charge is -2.14. The first kappa shape index (κ1) is 11.6. The van der Waals surface area contributed by atoms with Gasteiger partial charge in [0.15, 0.2) is 11.5 Å². The van der Waals surface area contributed by atoms with Crippen molar-refractivity contribution < 1.29 is 20.4 Å². The largest absolute Gasteiger partial charge is 0.504 e. The van der Waals surface area contributed by atoms with Crippen LogP contribution in [0.15, 0.2) is 12.1 Å². The number of aliphatic hydroxyl groups is 2. The SMILES string of the molecule is Cc1ccc(O)c(O)c1NCC(O)CO. The highest BCUT2D eigenvalue weighted by atomic mass is 16.3. The Kier molecular flexibility index (Phi) is 3.76. The van der Waals surface area contributed by atoms with Crippen LogP contribution in [0.2, 0.25) is 0 Å². The number of phenolic OH excluding ortho intramolecular Hbond substituents is 2. The van der Waals surface area contributed by atoms with E-state index in [0.29, 0.717) is 5.69 Å². The monoisotopic (exact) mass is 213 g/mol. The van der Waals surface area contributed by atoms with Crippen molar-refractivity contribution in [2.75, 3.05) is 18.5 Å². The Morgan fingerprint density at radius 2 is 2.00 bits per heavy atom. The van der Waals surface area contributed by atoms with Gasteiger partial charge in [-0.05, 0) is 18.6 Å². The number of aromatic hydroxyl groups is 2. The third-order valence-corrected chi connectivity index (χ3v) is 2.09. The Hall–Kier alpha value is -1.46. The average molecular weight is 213 g/mol. The summed E-state index contributed by atoms with van der Waals surface area (Å²) in [6.07, 6.45) is -0.897. The molecule has 0 aliphatic rings. The van der Waals surface area contributed by atoms with Gasteiger partial charge in [-0.1, -0.05) is 6.07 Å². The second-order valence-electron chi connectivity index (χ2n) is 3.34. The highest BCUT2D eigenvalue weighted by molar-refractivity contribution is 5.66. The van der Waals surface area contributed by atoms with Crippen LogP contribution in [0.4, 0.5) is 5.69 Å². The highest BCUT2D eigenvalue weighted by Gasteiger charge is 2.10. The van der Waals surface area contributed by atoms with Gasteiger partial charge >= 0.3 is 0 Å². The Balaban J connectivity index is 2.80. The normalized spacial score (nSPS) is 12.5. The number of anilines is 1. The minimum Gasteiger partial charge on any atom is -0.504 e. The molecule has 5 N–H and O–H groups in total. The molecule has 0 aliphatic carbocycles. The second kappa shape index (κ2) is 4.86. The standard InChI is InChI=1S/C10H15NO4/c1-6-2-3-8(14)10(15)9(6)11-4-7(13)5-12/h2-3,7,11-15H,4-5H2,1H3. The van der Waals surface area contributed by atoms with Crippen LogP contribution in [-0.4, -0.2) is 39.7 Å². The first-order valence-electron chi connectivity index (χ1n) is 4.60. The second-order valence-corrected chi connectivity index (χ2v) is 3.34. The summed E-state index contributed by atoms with van der Waals surface area (Å²) >= 11 is 0. The minimum absolute atomic E-state index is 0.106. The summed E-state index contributed by atoms with van der Waals surface area (Å²) < 4.78 is 0. The molecule has 1 rings (SSSR count). The van der Waals surface area contributed by atoms with Crippen LogP contribution in [0.3, 0.4) is 0 Å². The molecule has 0 aromatic heterocycles. The first-order valence-corrected chi connectivity index (χ1v) is 4.60. The van der Waals surface area contributed by atoms with Crippen LogP contribution in [0.1, 0.15) is 5.56 Å². The quantitative estimate of drug-likeness (QED) is 0.460. The lowest BCUT2D eigenvalue weighted by molar-refractivity contribution is 0.105. The molecule has 0 radical (unpaired) electrons. The Morgan fingerprint density at radius 3 is 2.60 bits per heavy atom. The first-order chi connectivity index (χ1) is 7.06. The van der Waals surface area contributed by atoms with Crippen molar-refractivity contribution in [2.24, 2.45) is 0 Å². The summed E-state index contributed by atoms with van der Waals surface area (Å²) in [5, 5.41) is 39.2. The summed E-state index contributed by atoms with van der Waals surface area (Å²) in [6.45, 7) is 1.51. The van der Waals surface area contributed by atoms with Crippen molar-refractivity contribution in [3.8, 4) is 11.5 Å². The van der Waals surface area contributed by atoms with E-state index in [4.69, 9.17) is 10.2 Å². The predicted octanol–water partition coefficient (Wildman–Crippen LogP) is 0.171. The van der Waals surface area contributed by atoms with Crippen molar-refractivity contribution in [1.82, 2.24) is 0 Å². The topological polar surface area (TPSA) is 93.0 Å². The molecular weight excluding hydrogens is 198 g/mol. The van der Waals surface area contributed by atoms with Gasteiger partial charge in [0, 0.05) is 6.54 Å². The van der Waals surface area contributed by atoms with Crippen molar-refractivity contribution in [1.29, 1.82) is 0 Å². The van der Waals surface area contributed by atoms with Crippen molar-refractivity contribution in [3.63, 3.8) is 0 Å². The fourth-order valence-electron chi connectivity index (χ4n) is 1.19. The van der Waals surface area contributed by atoms with Crippen LogP contribution in [0.25, 0.3) is 0 Å². The predicted molar refractivity (Wildman–Crippen MR) is 56.1 cm³/mol. The number of rotatable bonds is 4. The van der Waals surface area contributed by atoms with Gasteiger partial charge in [-0.15, -0.1) is 0 Å². The zero-order valence-electron chi connectivity index (χ0n) is 8.44. The molecule has 5 nitrogen and oxygen atoms in total. The van der Waals surface area contributed by atoms with E-state index in [1.807, 2.05) is 0 Å². The van der Waals surface area contributed by atoms with Crippen LogP contribution >= 0.6 is 0 Å². The van der Waals surface area contributed by atoms with Gasteiger partial charge in [0.1, 0.15) is 0 Å². The zero-order chi connectivity index (χ0) is 11.4. The number of aryl methyl sites for hydroxylation is 1. The molecule has 0 spiro atoms. The van der Waals surface area contributed by atoms with Crippen LogP contribution < -0.4 is 5.32 Å². The third kappa shape index (κ3) is 2.74. The number of benzene rings is 1. The lowest BCUT2D eigenvalue weighted by Crippen LogP contribution is -2.23. The maximum absolute atomic E-state index is 9.51. The van der Waals surface area contributed by atoms with Gasteiger partial charge in [0.25, 0.3) is 0 Å². The molecule has 0 aliphatic heterocycles. The maximum Gasteiger partial charge on any atom is 0.181 e. The van der Waals surface area contributed by atoms with Crippen LogP contribution in [0.5, 0.6) is 11.5 Å². The summed E-state index contributed by atoms with van der Waals surface area (Å²) in [6, 6.07) is 3.03. The molecule has 0 saturated heterocycles. The van der Waals surface area contributed by atoms with Crippen LogP contribution in [0, 0.1) is 6.92 Å². The average Bonchev–Trinajstić information content (AvgIpc) is 2.23. The lowest BCUT2D eigenvalue weighted by atomic mass is 10.1. The van der Waals surface area contributed by atoms with Gasteiger partial charge in [-0.3, -0.25) is 0 Å². The van der Waals surface area contributed by atoms with Crippen molar-refractivity contribution in [2.45, 2.75) is 13.0 Å². The number of hydrogen-bond acceptors (Lipinski definition) is 5. The van der Waals surface area contributed by atoms with Crippen LogP contribution in [-0.2, 0) is 0 Å². The molecule has 0 amide bonds. The molecule has 0 heterocycles. The molecule has 15 heavy (non-hydrogen) atoms. The van der Waals surface area contributed by atoms with E-state index in [2.05, 4.69) is 5.32 Å². The van der Waals surface area contributed by atoms with E-state index in [1.165, 1.54) is 6.07 Å². The molecule has 0 fully saturated rings. The van der Waals surface area contributed by atoms with Crippen molar-refractivity contribution >= 4 is 5.69 Å². The number of hydrogen-bond donors (Lipinski definition) is 5. The summed E-state index contributed by atoms with van der Waals surface area (Å²) in [7, 11) is 0. The molecular formula is C10H15NO4. The summed E-state index contributed by atoms with van der Waals surface area (Å²) in [5.41, 5.74) is 1.11. The molecule has 0 bridgehead atoms. The van der Waals surface area contributed by atoms with Gasteiger partial charge in [0.2, 0.25) is 0 Å². The highest BCUT2D eigenvalue weighted by Crippen LogP contribution is 2.35. The molecule has 1 unspecified atom stereocenters. The Labute approximate surface area is 87.6 Å². The Bertz CT molecular complexity index is 340. The van der Waals surface area contributed by atoms with Gasteiger partial charge < -0.3 is 25.7 Å². The minimum atomic E-state index is -0.897. The van der Waals surface area contributed by atoms with Gasteiger partial charge in [-0.2, -0.15) is 0 Å². The van der Waals surface area contributed by atoms with E-state index < -0.39 is 6.10 Å². The van der Waals surface area contributed by atoms with Crippen molar-refractivity contribution in [3.05, 3.63) is 17.7 Å². The number of aliphatic hydroxyl groups excluding tert-OH is 2. The van der Waals surface area contributed by atoms with E-state index >= 15 is 0 Å². The molecule has 5 heteroatoms. The number of nitrogens with one attached hydrogen (secondary N) is 1. The summed E-state index contributed by atoms with van der Waals surface area (Å²) in [5.74, 6) is -0.471. The molecule has 1 aromatic rings. The smallest absolute Gasteiger partial charge is 0.181 e. The molecule has 84 valence electrons. The molecule has 1 aromatic carbocycles. The van der Waals surface area contributed by atoms with E-state index in [-0.39, 0.29) is 24.7 Å². The van der Waals surface area contributed by atoms with E-state index in [0.717, 1.165) is 5.56 Å². The zero-order valence-corrected chi connectivity index (χ0v) is 8.44. The Morgan fingerprint density at radius 1 is 1.33 bits per heavy atom. The molecule has 0 saturated carbocycles. The fourth-order valence-corrected chi connectivity index (χ4v) is 1.19. The molecule has 1 atom stereocenters. The summed E-state index contributed by atoms with van der Waals surface area (Å²) in [4.78, 5) is 0. The maximum atomic E-state index is 9.51. The van der Waals surface area contributed by atoms with E-state index in [1.54, 1.807) is 13.0 Å². The van der Waals surface area contributed by atoms with Gasteiger partial charge in [-0.25, -0.2) is 0 Å².